The number of alkyl halides is 1. The van der Waals surface area contributed by atoms with Crippen LogP contribution in [-0.2, 0) is 16.3 Å². The molecule has 4 rings (SSSR count). The number of likely N-dealkylation sites (tertiary alicyclic amines) is 1. The Morgan fingerprint density at radius 2 is 1.68 bits per heavy atom. The minimum Gasteiger partial charge on any atom is -0.441 e. The van der Waals surface area contributed by atoms with Gasteiger partial charge in [0.15, 0.2) is 9.84 Å². The van der Waals surface area contributed by atoms with E-state index in [1.54, 1.807) is 24.3 Å². The zero-order chi connectivity index (χ0) is 23.4. The molecule has 1 aliphatic rings. The van der Waals surface area contributed by atoms with E-state index in [1.807, 2.05) is 31.2 Å². The summed E-state index contributed by atoms with van der Waals surface area (Å²) in [7, 11) is -3.44. The van der Waals surface area contributed by atoms with Crippen LogP contribution < -0.4 is 0 Å². The van der Waals surface area contributed by atoms with E-state index in [0.29, 0.717) is 11.9 Å². The van der Waals surface area contributed by atoms with Crippen molar-refractivity contribution >= 4 is 22.2 Å². The molecule has 2 heterocycles. The molecule has 0 spiro atoms. The van der Waals surface area contributed by atoms with Crippen LogP contribution in [-0.4, -0.2) is 49.9 Å². The van der Waals surface area contributed by atoms with Crippen LogP contribution in [0.3, 0.4) is 0 Å². The first-order valence-electron chi connectivity index (χ1n) is 11.6. The Balaban J connectivity index is 0.00000324. The Kier molecular flexibility index (Phi) is 8.90. The average molecular weight is 507 g/mol. The van der Waals surface area contributed by atoms with Gasteiger partial charge in [-0.05, 0) is 75.0 Å². The van der Waals surface area contributed by atoms with Crippen LogP contribution in [0.2, 0.25) is 0 Å². The summed E-state index contributed by atoms with van der Waals surface area (Å²) < 4.78 is 42.7. The number of rotatable bonds is 9. The lowest BCUT2D eigenvalue weighted by Crippen LogP contribution is -2.29. The number of benzene rings is 2. The molecule has 1 aromatic heterocycles. The van der Waals surface area contributed by atoms with Crippen molar-refractivity contribution in [1.29, 1.82) is 0 Å². The summed E-state index contributed by atoms with van der Waals surface area (Å²) >= 11 is 0. The fourth-order valence-electron chi connectivity index (χ4n) is 4.38. The van der Waals surface area contributed by atoms with Crippen LogP contribution in [0.4, 0.5) is 4.39 Å². The zero-order valence-electron chi connectivity index (χ0n) is 19.7. The summed E-state index contributed by atoms with van der Waals surface area (Å²) in [4.78, 5) is 7.48. The third-order valence-electron chi connectivity index (χ3n) is 6.44. The number of hydrogen-bond donors (Lipinski definition) is 0. The van der Waals surface area contributed by atoms with Gasteiger partial charge in [0.25, 0.3) is 0 Å². The Bertz CT molecular complexity index is 1180. The molecular formula is C26H32ClFN2O3S. The van der Waals surface area contributed by atoms with E-state index < -0.39 is 16.5 Å². The molecule has 184 valence electrons. The van der Waals surface area contributed by atoms with Crippen molar-refractivity contribution in [2.24, 2.45) is 0 Å². The normalized spacial score (nSPS) is 16.5. The lowest BCUT2D eigenvalue weighted by atomic mass is 10.0. The summed E-state index contributed by atoms with van der Waals surface area (Å²) in [6.45, 7) is 5.79. The van der Waals surface area contributed by atoms with Crippen LogP contribution >= 0.6 is 12.4 Å². The number of nitrogens with zero attached hydrogens (tertiary/aromatic N) is 2. The molecule has 3 aromatic rings. The Labute approximate surface area is 207 Å². The molecular weight excluding hydrogens is 475 g/mol. The highest BCUT2D eigenvalue weighted by atomic mass is 35.5. The Hall–Kier alpha value is -2.22. The van der Waals surface area contributed by atoms with E-state index in [9.17, 15) is 12.8 Å². The maximum Gasteiger partial charge on any atom is 0.226 e. The van der Waals surface area contributed by atoms with Gasteiger partial charge in [0.2, 0.25) is 5.89 Å². The van der Waals surface area contributed by atoms with Gasteiger partial charge in [-0.25, -0.2) is 13.4 Å². The van der Waals surface area contributed by atoms with Gasteiger partial charge in [-0.15, -0.1) is 12.4 Å². The van der Waals surface area contributed by atoms with Gasteiger partial charge in [0.05, 0.1) is 23.0 Å². The molecule has 34 heavy (non-hydrogen) atoms. The summed E-state index contributed by atoms with van der Waals surface area (Å²) in [5.74, 6) is 1.31. The third-order valence-corrected chi connectivity index (χ3v) is 8.26. The molecule has 0 aliphatic carbocycles. The van der Waals surface area contributed by atoms with E-state index >= 15 is 0 Å². The fraction of sp³-hybridized carbons (Fsp3) is 0.423. The van der Waals surface area contributed by atoms with Gasteiger partial charge in [0, 0.05) is 24.6 Å². The molecule has 1 aliphatic heterocycles. The van der Waals surface area contributed by atoms with Crippen molar-refractivity contribution in [3.63, 3.8) is 0 Å². The van der Waals surface area contributed by atoms with Gasteiger partial charge in [-0.1, -0.05) is 24.3 Å². The minimum absolute atomic E-state index is 0. The maximum absolute atomic E-state index is 12.3. The summed E-state index contributed by atoms with van der Waals surface area (Å²) in [5, 5.41) is 0. The van der Waals surface area contributed by atoms with Crippen LogP contribution in [0.5, 0.6) is 0 Å². The second-order valence-electron chi connectivity index (χ2n) is 8.76. The van der Waals surface area contributed by atoms with Gasteiger partial charge in [-0.2, -0.15) is 0 Å². The van der Waals surface area contributed by atoms with Crippen molar-refractivity contribution in [1.82, 2.24) is 9.88 Å². The second kappa shape index (κ2) is 11.5. The standard InChI is InChI=1S/C26H31FN2O3S.ClH/c1-19-5-3-16-29(19)17-14-25-20(2)32-26(28-25)23-8-6-21(7-9-23)22-10-12-24(13-11-22)33(30,31)18-4-15-27;/h6-13,19H,3-5,14-18H2,1-2H3;1H/t19-;/m1./s1. The van der Waals surface area contributed by atoms with Crippen LogP contribution in [0, 0.1) is 6.92 Å². The predicted molar refractivity (Wildman–Crippen MR) is 136 cm³/mol. The van der Waals surface area contributed by atoms with E-state index in [4.69, 9.17) is 9.40 Å². The highest BCUT2D eigenvalue weighted by Crippen LogP contribution is 2.27. The van der Waals surface area contributed by atoms with Crippen LogP contribution in [0.25, 0.3) is 22.6 Å². The maximum atomic E-state index is 12.3. The molecule has 5 nitrogen and oxygen atoms in total. The molecule has 0 bridgehead atoms. The smallest absolute Gasteiger partial charge is 0.226 e. The molecule has 0 radical (unpaired) electrons. The van der Waals surface area contributed by atoms with Gasteiger partial charge >= 0.3 is 0 Å². The topological polar surface area (TPSA) is 63.4 Å². The Morgan fingerprint density at radius 3 is 2.26 bits per heavy atom. The zero-order valence-corrected chi connectivity index (χ0v) is 21.3. The van der Waals surface area contributed by atoms with Gasteiger partial charge in [0.1, 0.15) is 5.76 Å². The molecule has 1 saturated heterocycles. The first-order chi connectivity index (χ1) is 15.9. The van der Waals surface area contributed by atoms with E-state index in [0.717, 1.165) is 47.7 Å². The number of aryl methyl sites for hydroxylation is 1. The van der Waals surface area contributed by atoms with E-state index in [1.165, 1.54) is 12.8 Å². The van der Waals surface area contributed by atoms with Gasteiger partial charge < -0.3 is 9.32 Å². The highest BCUT2D eigenvalue weighted by molar-refractivity contribution is 7.91. The fourth-order valence-corrected chi connectivity index (χ4v) is 5.66. The second-order valence-corrected chi connectivity index (χ2v) is 10.9. The molecule has 1 atom stereocenters. The third kappa shape index (κ3) is 6.06. The summed E-state index contributed by atoms with van der Waals surface area (Å²) in [6.07, 6.45) is 3.45. The monoisotopic (exact) mass is 506 g/mol. The quantitative estimate of drug-likeness (QED) is 0.361. The largest absolute Gasteiger partial charge is 0.441 e. The van der Waals surface area contributed by atoms with Crippen molar-refractivity contribution in [3.05, 3.63) is 60.0 Å². The number of oxazole rings is 1. The van der Waals surface area contributed by atoms with Crippen molar-refractivity contribution in [2.75, 3.05) is 25.5 Å². The SMILES string of the molecule is Cc1oc(-c2ccc(-c3ccc(S(=O)(=O)CCCF)cc3)cc2)nc1CCN1CCC[C@H]1C.Cl. The van der Waals surface area contributed by atoms with Crippen molar-refractivity contribution in [2.45, 2.75) is 50.5 Å². The summed E-state index contributed by atoms with van der Waals surface area (Å²) in [5.41, 5.74) is 3.80. The average Bonchev–Trinajstić information content (AvgIpc) is 3.41. The molecule has 0 N–H and O–H groups in total. The Morgan fingerprint density at radius 1 is 1.06 bits per heavy atom. The van der Waals surface area contributed by atoms with Crippen LogP contribution in [0.1, 0.15) is 37.6 Å². The van der Waals surface area contributed by atoms with Gasteiger partial charge in [-0.3, -0.25) is 4.39 Å². The molecule has 2 aromatic carbocycles. The molecule has 1 fully saturated rings. The molecule has 0 unspecified atom stereocenters. The molecule has 0 saturated carbocycles. The lowest BCUT2D eigenvalue weighted by molar-refractivity contribution is 0.271. The highest BCUT2D eigenvalue weighted by Gasteiger charge is 2.21. The molecule has 8 heteroatoms. The number of aromatic nitrogens is 1. The first kappa shape index (κ1) is 26.4. The number of hydrogen-bond acceptors (Lipinski definition) is 5. The predicted octanol–water partition coefficient (Wildman–Crippen LogP) is 5.90. The summed E-state index contributed by atoms with van der Waals surface area (Å²) in [6, 6.07) is 15.3. The number of halogens is 2. The van der Waals surface area contributed by atoms with Crippen LogP contribution in [0.15, 0.2) is 57.8 Å². The minimum atomic E-state index is -3.44. The van der Waals surface area contributed by atoms with Crippen molar-refractivity contribution < 1.29 is 17.2 Å². The van der Waals surface area contributed by atoms with E-state index in [2.05, 4.69) is 11.8 Å². The first-order valence-corrected chi connectivity index (χ1v) is 13.2. The van der Waals surface area contributed by atoms with E-state index in [-0.39, 0.29) is 29.5 Å². The van der Waals surface area contributed by atoms with Crippen molar-refractivity contribution in [3.8, 4) is 22.6 Å². The number of sulfone groups is 1. The molecule has 0 amide bonds. The lowest BCUT2D eigenvalue weighted by Gasteiger charge is -2.20.